The smallest absolute Gasteiger partial charge is 0.0786 e. The van der Waals surface area contributed by atoms with Crippen molar-refractivity contribution >= 4 is 21.5 Å². The van der Waals surface area contributed by atoms with E-state index >= 15 is 0 Å². The minimum absolute atomic E-state index is 1.11. The fourth-order valence-corrected chi connectivity index (χ4v) is 4.84. The highest BCUT2D eigenvalue weighted by molar-refractivity contribution is 6.14. The molecule has 0 unspecified atom stereocenters. The largest absolute Gasteiger partial charge is 0.256 e. The first-order valence-corrected chi connectivity index (χ1v) is 10.0. The standard InChI is InChI=1S/C26H25N/c1-16-10-17(2)12-22(11-16)26-25-21(8-9-27-26)13-18(3)23-14-19-6-4-5-7-20(19)15-24(23)25/h8-15H,4-7H2,1-3H3. The van der Waals surface area contributed by atoms with Crippen LogP contribution in [0.25, 0.3) is 32.8 Å². The van der Waals surface area contributed by atoms with E-state index in [0.29, 0.717) is 0 Å². The Labute approximate surface area is 161 Å². The van der Waals surface area contributed by atoms with Gasteiger partial charge in [0.05, 0.1) is 5.69 Å². The fourth-order valence-electron chi connectivity index (χ4n) is 4.84. The van der Waals surface area contributed by atoms with Gasteiger partial charge in [-0.1, -0.05) is 35.4 Å². The van der Waals surface area contributed by atoms with Crippen molar-refractivity contribution in [1.82, 2.24) is 4.98 Å². The lowest BCUT2D eigenvalue weighted by atomic mass is 9.86. The van der Waals surface area contributed by atoms with Gasteiger partial charge in [-0.15, -0.1) is 0 Å². The predicted octanol–water partition coefficient (Wildman–Crippen LogP) is 6.86. The van der Waals surface area contributed by atoms with Crippen LogP contribution in [0.5, 0.6) is 0 Å². The molecule has 134 valence electrons. The van der Waals surface area contributed by atoms with E-state index in [1.165, 1.54) is 75.0 Å². The third-order valence-corrected chi connectivity index (χ3v) is 6.03. The van der Waals surface area contributed by atoms with Gasteiger partial charge in [0.15, 0.2) is 0 Å². The zero-order valence-corrected chi connectivity index (χ0v) is 16.4. The van der Waals surface area contributed by atoms with Gasteiger partial charge in [0.2, 0.25) is 0 Å². The summed E-state index contributed by atoms with van der Waals surface area (Å²) in [4.78, 5) is 4.85. The Morgan fingerprint density at radius 1 is 0.741 bits per heavy atom. The molecule has 1 aliphatic rings. The van der Waals surface area contributed by atoms with E-state index in [4.69, 9.17) is 4.98 Å². The molecule has 5 rings (SSSR count). The highest BCUT2D eigenvalue weighted by Gasteiger charge is 2.16. The summed E-state index contributed by atoms with van der Waals surface area (Å²) in [5.41, 5.74) is 9.36. The van der Waals surface area contributed by atoms with Crippen molar-refractivity contribution < 1.29 is 0 Å². The SMILES string of the molecule is Cc1cc(C)cc(-c2nccc3cc(C)c4cc5c(cc4c23)CCCC5)c1. The summed E-state index contributed by atoms with van der Waals surface area (Å²) in [6.45, 7) is 6.58. The van der Waals surface area contributed by atoms with E-state index in [0.717, 1.165) is 5.69 Å². The molecule has 3 aromatic carbocycles. The van der Waals surface area contributed by atoms with Crippen molar-refractivity contribution in [2.75, 3.05) is 0 Å². The number of rotatable bonds is 1. The topological polar surface area (TPSA) is 12.9 Å². The number of pyridine rings is 1. The van der Waals surface area contributed by atoms with Crippen molar-refractivity contribution in [3.05, 3.63) is 76.5 Å². The first-order chi connectivity index (χ1) is 13.1. The number of hydrogen-bond acceptors (Lipinski definition) is 1. The third kappa shape index (κ3) is 2.73. The molecule has 0 fully saturated rings. The van der Waals surface area contributed by atoms with Crippen molar-refractivity contribution in [2.45, 2.75) is 46.5 Å². The van der Waals surface area contributed by atoms with Crippen molar-refractivity contribution in [3.63, 3.8) is 0 Å². The normalized spacial score (nSPS) is 13.9. The van der Waals surface area contributed by atoms with E-state index in [1.54, 1.807) is 5.56 Å². The number of fused-ring (bicyclic) bond motifs is 4. The Morgan fingerprint density at radius 3 is 2.11 bits per heavy atom. The second kappa shape index (κ2) is 6.20. The lowest BCUT2D eigenvalue weighted by Gasteiger charge is -2.19. The summed E-state index contributed by atoms with van der Waals surface area (Å²) in [5, 5.41) is 5.35. The Hall–Kier alpha value is -2.67. The van der Waals surface area contributed by atoms with Crippen molar-refractivity contribution in [2.24, 2.45) is 0 Å². The highest BCUT2D eigenvalue weighted by Crippen LogP contribution is 2.37. The van der Waals surface area contributed by atoms with Gasteiger partial charge in [-0.25, -0.2) is 0 Å². The van der Waals surface area contributed by atoms with Crippen molar-refractivity contribution in [1.29, 1.82) is 0 Å². The molecule has 0 bridgehead atoms. The molecule has 0 N–H and O–H groups in total. The lowest BCUT2D eigenvalue weighted by molar-refractivity contribution is 0.687. The summed E-state index contributed by atoms with van der Waals surface area (Å²) >= 11 is 0. The number of aromatic nitrogens is 1. The molecule has 1 heterocycles. The molecule has 1 heteroatoms. The molecule has 0 atom stereocenters. The van der Waals surface area contributed by atoms with E-state index in [1.807, 2.05) is 6.20 Å². The van der Waals surface area contributed by atoms with Gasteiger partial charge >= 0.3 is 0 Å². The van der Waals surface area contributed by atoms with Gasteiger partial charge in [0, 0.05) is 17.1 Å². The molecule has 0 radical (unpaired) electrons. The quantitative estimate of drug-likeness (QED) is 0.341. The lowest BCUT2D eigenvalue weighted by Crippen LogP contribution is -2.03. The number of benzene rings is 3. The number of hydrogen-bond donors (Lipinski definition) is 0. The van der Waals surface area contributed by atoms with Crippen LogP contribution >= 0.6 is 0 Å². The van der Waals surface area contributed by atoms with Crippen LogP contribution in [0.2, 0.25) is 0 Å². The van der Waals surface area contributed by atoms with Gasteiger partial charge in [-0.3, -0.25) is 4.98 Å². The predicted molar refractivity (Wildman–Crippen MR) is 116 cm³/mol. The monoisotopic (exact) mass is 351 g/mol. The van der Waals surface area contributed by atoms with Crippen LogP contribution in [0.15, 0.2) is 48.7 Å². The van der Waals surface area contributed by atoms with Gasteiger partial charge in [0.1, 0.15) is 0 Å². The molecule has 1 aliphatic carbocycles. The van der Waals surface area contributed by atoms with Gasteiger partial charge in [-0.2, -0.15) is 0 Å². The molecule has 1 aromatic heterocycles. The summed E-state index contributed by atoms with van der Waals surface area (Å²) in [6, 6.07) is 16.2. The van der Waals surface area contributed by atoms with Gasteiger partial charge < -0.3 is 0 Å². The fraction of sp³-hybridized carbons (Fsp3) is 0.269. The van der Waals surface area contributed by atoms with Crippen molar-refractivity contribution in [3.8, 4) is 11.3 Å². The second-order valence-electron chi connectivity index (χ2n) is 8.20. The minimum atomic E-state index is 1.11. The van der Waals surface area contributed by atoms with E-state index < -0.39 is 0 Å². The molecular weight excluding hydrogens is 326 g/mol. The van der Waals surface area contributed by atoms with E-state index in [9.17, 15) is 0 Å². The molecule has 27 heavy (non-hydrogen) atoms. The zero-order chi connectivity index (χ0) is 18.5. The summed E-state index contributed by atoms with van der Waals surface area (Å²) in [7, 11) is 0. The molecule has 0 aliphatic heterocycles. The summed E-state index contributed by atoms with van der Waals surface area (Å²) in [5.74, 6) is 0. The number of aryl methyl sites for hydroxylation is 5. The number of nitrogens with zero attached hydrogens (tertiary/aromatic N) is 1. The third-order valence-electron chi connectivity index (χ3n) is 6.03. The molecule has 0 saturated carbocycles. The Morgan fingerprint density at radius 2 is 1.41 bits per heavy atom. The van der Waals surface area contributed by atoms with Crippen LogP contribution < -0.4 is 0 Å². The summed E-state index contributed by atoms with van der Waals surface area (Å²) < 4.78 is 0. The molecule has 0 spiro atoms. The Balaban J connectivity index is 1.91. The molecule has 1 nitrogen and oxygen atoms in total. The molecule has 4 aromatic rings. The highest BCUT2D eigenvalue weighted by atomic mass is 14.7. The first kappa shape index (κ1) is 16.5. The van der Waals surface area contributed by atoms with E-state index in [-0.39, 0.29) is 0 Å². The summed E-state index contributed by atoms with van der Waals surface area (Å²) in [6.07, 6.45) is 7.02. The van der Waals surface area contributed by atoms with Crippen LogP contribution in [0.3, 0.4) is 0 Å². The van der Waals surface area contributed by atoms with Gasteiger partial charge in [0.25, 0.3) is 0 Å². The molecular formula is C26H25N. The maximum atomic E-state index is 4.85. The minimum Gasteiger partial charge on any atom is -0.256 e. The van der Waals surface area contributed by atoms with E-state index in [2.05, 4.69) is 63.2 Å². The maximum absolute atomic E-state index is 4.85. The second-order valence-corrected chi connectivity index (χ2v) is 8.20. The van der Waals surface area contributed by atoms with Crippen LogP contribution in [0.4, 0.5) is 0 Å². The zero-order valence-electron chi connectivity index (χ0n) is 16.4. The average molecular weight is 351 g/mol. The van der Waals surface area contributed by atoms with Crippen LogP contribution in [0.1, 0.15) is 40.7 Å². The Bertz CT molecular complexity index is 1180. The molecule has 0 amide bonds. The van der Waals surface area contributed by atoms with Gasteiger partial charge in [-0.05, 0) is 97.5 Å². The van der Waals surface area contributed by atoms with Crippen LogP contribution in [0, 0.1) is 20.8 Å². The molecule has 0 saturated heterocycles. The van der Waals surface area contributed by atoms with Crippen LogP contribution in [-0.2, 0) is 12.8 Å². The average Bonchev–Trinajstić information content (AvgIpc) is 2.65. The first-order valence-electron chi connectivity index (χ1n) is 10.0. The maximum Gasteiger partial charge on any atom is 0.0786 e. The Kier molecular flexibility index (Phi) is 3.79. The van der Waals surface area contributed by atoms with Crippen LogP contribution in [-0.4, -0.2) is 4.98 Å².